The number of amides is 3. The first kappa shape index (κ1) is 36.5. The minimum Gasteiger partial charge on any atom is -0.462 e. The monoisotopic (exact) mass is 678 g/mol. The number of anilines is 3. The lowest BCUT2D eigenvalue weighted by atomic mass is 10.1. The summed E-state index contributed by atoms with van der Waals surface area (Å²) in [6, 6.07) is 30.1. The highest BCUT2D eigenvalue weighted by Crippen LogP contribution is 2.29. The highest BCUT2D eigenvalue weighted by Gasteiger charge is 2.20. The quantitative estimate of drug-likeness (QED) is 0.0513. The Bertz CT molecular complexity index is 1760. The first-order valence-corrected chi connectivity index (χ1v) is 17.1. The summed E-state index contributed by atoms with van der Waals surface area (Å²) >= 11 is 1.37. The van der Waals surface area contributed by atoms with Crippen LogP contribution in [0, 0.1) is 0 Å². The van der Waals surface area contributed by atoms with Gasteiger partial charge in [0.15, 0.2) is 0 Å². The highest BCUT2D eigenvalue weighted by atomic mass is 32.2. The van der Waals surface area contributed by atoms with Crippen molar-refractivity contribution in [1.29, 1.82) is 0 Å². The number of carbonyl (C=O) groups excluding carboxylic acids is 4. The van der Waals surface area contributed by atoms with Gasteiger partial charge in [-0.15, -0.1) is 11.8 Å². The third kappa shape index (κ3) is 11.1. The highest BCUT2D eigenvalue weighted by molar-refractivity contribution is 8.00. The number of hydrogen-bond acceptors (Lipinski definition) is 7. The summed E-state index contributed by atoms with van der Waals surface area (Å²) in [5, 5.41) is 8.17. The molecule has 4 aromatic carbocycles. The Labute approximate surface area is 292 Å². The third-order valence-electron chi connectivity index (χ3n) is 7.40. The summed E-state index contributed by atoms with van der Waals surface area (Å²) in [6.45, 7) is 4.33. The molecule has 0 aliphatic carbocycles. The molecule has 3 N–H and O–H groups in total. The van der Waals surface area contributed by atoms with Gasteiger partial charge in [0.2, 0.25) is 5.91 Å². The first-order valence-electron chi connectivity index (χ1n) is 16.2. The van der Waals surface area contributed by atoms with Crippen molar-refractivity contribution in [2.75, 3.05) is 36.2 Å². The van der Waals surface area contributed by atoms with Gasteiger partial charge in [-0.1, -0.05) is 56.7 Å². The summed E-state index contributed by atoms with van der Waals surface area (Å²) in [5.41, 5.74) is 3.75. The lowest BCUT2D eigenvalue weighted by Gasteiger charge is -2.16. The van der Waals surface area contributed by atoms with Gasteiger partial charge < -0.3 is 25.6 Å². The molecule has 0 fully saturated rings. The Hall–Kier alpha value is -5.35. The van der Waals surface area contributed by atoms with Gasteiger partial charge in [0.1, 0.15) is 5.70 Å². The zero-order chi connectivity index (χ0) is 35.2. The number of rotatable bonds is 15. The zero-order valence-corrected chi connectivity index (χ0v) is 29.0. The van der Waals surface area contributed by atoms with Crippen LogP contribution < -0.4 is 20.9 Å². The Morgan fingerprint density at radius 3 is 2.16 bits per heavy atom. The predicted octanol–water partition coefficient (Wildman–Crippen LogP) is 7.63. The van der Waals surface area contributed by atoms with E-state index >= 15 is 0 Å². The van der Waals surface area contributed by atoms with Crippen LogP contribution in [0.3, 0.4) is 0 Å². The fourth-order valence-corrected chi connectivity index (χ4v) is 5.63. The molecule has 10 heteroatoms. The minimum absolute atomic E-state index is 0.0792. The minimum atomic E-state index is -0.495. The van der Waals surface area contributed by atoms with Crippen molar-refractivity contribution in [3.8, 4) is 0 Å². The van der Waals surface area contributed by atoms with Crippen molar-refractivity contribution in [2.45, 2.75) is 43.3 Å². The van der Waals surface area contributed by atoms with Crippen LogP contribution in [0.15, 0.2) is 114 Å². The maximum absolute atomic E-state index is 13.6. The van der Waals surface area contributed by atoms with Crippen molar-refractivity contribution in [3.63, 3.8) is 0 Å². The van der Waals surface area contributed by atoms with E-state index < -0.39 is 17.1 Å². The van der Waals surface area contributed by atoms with E-state index in [4.69, 9.17) is 4.74 Å². The molecule has 4 aromatic rings. The summed E-state index contributed by atoms with van der Waals surface area (Å²) in [4.78, 5) is 54.8. The van der Waals surface area contributed by atoms with Crippen LogP contribution >= 0.6 is 11.8 Å². The van der Waals surface area contributed by atoms with Gasteiger partial charge in [0.05, 0.1) is 17.4 Å². The van der Waals surface area contributed by atoms with E-state index in [1.165, 1.54) is 11.8 Å². The van der Waals surface area contributed by atoms with Gasteiger partial charge in [0, 0.05) is 41.6 Å². The average molecular weight is 679 g/mol. The van der Waals surface area contributed by atoms with Gasteiger partial charge in [-0.05, 0) is 91.2 Å². The molecule has 49 heavy (non-hydrogen) atoms. The van der Waals surface area contributed by atoms with Crippen LogP contribution in [-0.4, -0.2) is 49.6 Å². The number of hydrogen-bond donors (Lipinski definition) is 3. The topological polar surface area (TPSA) is 117 Å². The molecular weight excluding hydrogens is 637 g/mol. The van der Waals surface area contributed by atoms with Crippen LogP contribution in [0.5, 0.6) is 0 Å². The van der Waals surface area contributed by atoms with Crippen LogP contribution in [0.4, 0.5) is 17.1 Å². The van der Waals surface area contributed by atoms with E-state index in [2.05, 4.69) is 16.0 Å². The van der Waals surface area contributed by atoms with E-state index in [-0.39, 0.29) is 17.6 Å². The lowest BCUT2D eigenvalue weighted by molar-refractivity contribution is -0.116. The number of ether oxygens (including phenoxy) is 1. The van der Waals surface area contributed by atoms with Crippen LogP contribution in [0.2, 0.25) is 0 Å². The number of nitrogens with one attached hydrogen (secondary N) is 3. The van der Waals surface area contributed by atoms with Gasteiger partial charge in [-0.3, -0.25) is 14.4 Å². The van der Waals surface area contributed by atoms with E-state index in [1.807, 2.05) is 69.2 Å². The molecule has 0 aromatic heterocycles. The van der Waals surface area contributed by atoms with Crippen LogP contribution in [0.25, 0.3) is 6.08 Å². The standard InChI is InChI=1S/C39H42N4O5S/c1-5-7-24-48-39(47)29-18-20-30(21-19-29)40-38(46)35(6-2)49-33-15-11-14-31(26-33)41-37(45)34(42-36(44)28-12-9-8-10-13-28)25-27-16-22-32(23-17-27)43(3)4/h8-23,25-26,35H,5-7,24H2,1-4H3,(H,40,46)(H,41,45)(H,42,44)/b34-25+. The summed E-state index contributed by atoms with van der Waals surface area (Å²) in [6.07, 6.45) is 3.93. The molecule has 3 amide bonds. The second-order valence-corrected chi connectivity index (χ2v) is 12.7. The second-order valence-electron chi connectivity index (χ2n) is 11.4. The SMILES string of the molecule is CCCCOC(=O)c1ccc(NC(=O)C(CC)Sc2cccc(NC(=O)/C(=C\c3ccc(N(C)C)cc3)NC(=O)c3ccccc3)c2)cc1. The van der Waals surface area contributed by atoms with E-state index in [0.717, 1.165) is 29.0 Å². The Balaban J connectivity index is 1.44. The Morgan fingerprint density at radius 2 is 1.51 bits per heavy atom. The van der Waals surface area contributed by atoms with Crippen molar-refractivity contribution < 1.29 is 23.9 Å². The number of esters is 1. The Morgan fingerprint density at radius 1 is 0.796 bits per heavy atom. The lowest BCUT2D eigenvalue weighted by Crippen LogP contribution is -2.30. The summed E-state index contributed by atoms with van der Waals surface area (Å²) in [5.74, 6) is -1.48. The molecule has 1 atom stereocenters. The van der Waals surface area contributed by atoms with Crippen LogP contribution in [0.1, 0.15) is 59.4 Å². The van der Waals surface area contributed by atoms with Crippen LogP contribution in [-0.2, 0) is 14.3 Å². The van der Waals surface area contributed by atoms with Crippen molar-refractivity contribution in [1.82, 2.24) is 5.32 Å². The molecule has 0 aliphatic rings. The molecule has 9 nitrogen and oxygen atoms in total. The number of carbonyl (C=O) groups is 4. The van der Waals surface area contributed by atoms with Gasteiger partial charge in [0.25, 0.3) is 11.8 Å². The van der Waals surface area contributed by atoms with E-state index in [1.54, 1.807) is 72.8 Å². The molecule has 0 spiro atoms. The van der Waals surface area contributed by atoms with Crippen molar-refractivity contribution >= 4 is 58.6 Å². The van der Waals surface area contributed by atoms with Crippen molar-refractivity contribution in [3.05, 3.63) is 126 Å². The van der Waals surface area contributed by atoms with Crippen molar-refractivity contribution in [2.24, 2.45) is 0 Å². The fraction of sp³-hybridized carbons (Fsp3) is 0.231. The smallest absolute Gasteiger partial charge is 0.338 e. The zero-order valence-electron chi connectivity index (χ0n) is 28.2. The summed E-state index contributed by atoms with van der Waals surface area (Å²) < 4.78 is 5.25. The number of thioether (sulfide) groups is 1. The molecule has 0 saturated carbocycles. The summed E-state index contributed by atoms with van der Waals surface area (Å²) in [7, 11) is 3.89. The maximum atomic E-state index is 13.6. The van der Waals surface area contributed by atoms with Gasteiger partial charge in [-0.25, -0.2) is 4.79 Å². The molecule has 0 saturated heterocycles. The second kappa shape index (κ2) is 18.3. The maximum Gasteiger partial charge on any atom is 0.338 e. The van der Waals surface area contributed by atoms with Gasteiger partial charge in [-0.2, -0.15) is 0 Å². The molecular formula is C39H42N4O5S. The molecule has 0 bridgehead atoms. The molecule has 1 unspecified atom stereocenters. The normalized spacial score (nSPS) is 11.6. The molecule has 4 rings (SSSR count). The third-order valence-corrected chi connectivity index (χ3v) is 8.76. The largest absolute Gasteiger partial charge is 0.462 e. The average Bonchev–Trinajstić information content (AvgIpc) is 3.11. The van der Waals surface area contributed by atoms with E-state index in [9.17, 15) is 19.2 Å². The van der Waals surface area contributed by atoms with Gasteiger partial charge >= 0.3 is 5.97 Å². The molecule has 0 radical (unpaired) electrons. The molecule has 254 valence electrons. The first-order chi connectivity index (χ1) is 23.7. The number of nitrogens with zero attached hydrogens (tertiary/aromatic N) is 1. The Kier molecular flexibility index (Phi) is 13.6. The molecule has 0 heterocycles. The predicted molar refractivity (Wildman–Crippen MR) is 198 cm³/mol. The number of unbranched alkanes of at least 4 members (excludes halogenated alkanes) is 1. The molecule has 0 aliphatic heterocycles. The fourth-order valence-electron chi connectivity index (χ4n) is 4.61. The number of benzene rings is 4. The van der Waals surface area contributed by atoms with E-state index in [0.29, 0.717) is 35.5 Å².